The molecule has 1 rings (SSSR count). The molecular weight excluding hydrogens is 274 g/mol. The van der Waals surface area contributed by atoms with Crippen molar-refractivity contribution in [2.24, 2.45) is 0 Å². The minimum absolute atomic E-state index is 0.0650. The highest BCUT2D eigenvalue weighted by Crippen LogP contribution is 2.38. The molecule has 1 aromatic rings. The Morgan fingerprint density at radius 1 is 0.737 bits per heavy atom. The molecule has 0 aliphatic carbocycles. The van der Waals surface area contributed by atoms with Crippen molar-refractivity contribution in [2.45, 2.75) is 38.7 Å². The fraction of sp³-hybridized carbons (Fsp3) is 0.500. The monoisotopic (exact) mass is 286 g/mol. The van der Waals surface area contributed by atoms with Gasteiger partial charge in [0.15, 0.2) is 0 Å². The molecule has 0 spiro atoms. The van der Waals surface area contributed by atoms with Crippen LogP contribution in [0.4, 0.5) is 26.3 Å². The largest absolute Gasteiger partial charge is 0.488 e. The van der Waals surface area contributed by atoms with Crippen molar-refractivity contribution in [1.82, 2.24) is 0 Å². The molecule has 0 bridgehead atoms. The minimum atomic E-state index is -4.86. The van der Waals surface area contributed by atoms with Crippen LogP contribution < -0.4 is 4.74 Å². The molecule has 0 saturated carbocycles. The lowest BCUT2D eigenvalue weighted by Gasteiger charge is -2.23. The van der Waals surface area contributed by atoms with Crippen molar-refractivity contribution in [3.8, 4) is 5.75 Å². The Bertz CT molecular complexity index is 421. The second-order valence-electron chi connectivity index (χ2n) is 4.96. The molecule has 0 unspecified atom stereocenters. The molecule has 0 atom stereocenters. The Morgan fingerprint density at radius 2 is 1.11 bits per heavy atom. The van der Waals surface area contributed by atoms with E-state index >= 15 is 0 Å². The predicted octanol–water partition coefficient (Wildman–Crippen LogP) is 4.90. The second kappa shape index (κ2) is 4.61. The van der Waals surface area contributed by atoms with Gasteiger partial charge in [-0.2, -0.15) is 26.3 Å². The lowest BCUT2D eigenvalue weighted by Crippen LogP contribution is -2.23. The van der Waals surface area contributed by atoms with E-state index in [0.29, 0.717) is 12.1 Å². The maximum absolute atomic E-state index is 12.5. The molecule has 19 heavy (non-hydrogen) atoms. The molecule has 0 amide bonds. The fourth-order valence-corrected chi connectivity index (χ4v) is 1.34. The van der Waals surface area contributed by atoms with Gasteiger partial charge < -0.3 is 4.74 Å². The maximum atomic E-state index is 12.5. The SMILES string of the molecule is CC(C)(C)Oc1cc(C(F)(F)F)cc(C(F)(F)F)c1. The van der Waals surface area contributed by atoms with Crippen molar-refractivity contribution >= 4 is 0 Å². The van der Waals surface area contributed by atoms with Crippen LogP contribution in [0.25, 0.3) is 0 Å². The summed E-state index contributed by atoms with van der Waals surface area (Å²) in [4.78, 5) is 0. The van der Waals surface area contributed by atoms with Crippen LogP contribution >= 0.6 is 0 Å². The van der Waals surface area contributed by atoms with Gasteiger partial charge in [0.05, 0.1) is 11.1 Å². The van der Waals surface area contributed by atoms with Gasteiger partial charge in [-0.25, -0.2) is 0 Å². The van der Waals surface area contributed by atoms with Gasteiger partial charge in [-0.15, -0.1) is 0 Å². The molecule has 0 heterocycles. The van der Waals surface area contributed by atoms with E-state index in [9.17, 15) is 26.3 Å². The van der Waals surface area contributed by atoms with Gasteiger partial charge in [0.25, 0.3) is 0 Å². The van der Waals surface area contributed by atoms with Gasteiger partial charge in [0.1, 0.15) is 11.4 Å². The van der Waals surface area contributed by atoms with Crippen molar-refractivity contribution < 1.29 is 31.1 Å². The molecule has 0 aliphatic rings. The Morgan fingerprint density at radius 3 is 1.37 bits per heavy atom. The number of halogens is 6. The van der Waals surface area contributed by atoms with Crippen molar-refractivity contribution in [2.75, 3.05) is 0 Å². The zero-order valence-electron chi connectivity index (χ0n) is 10.4. The first-order chi connectivity index (χ1) is 8.29. The molecule has 0 aromatic heterocycles. The predicted molar refractivity (Wildman–Crippen MR) is 56.8 cm³/mol. The van der Waals surface area contributed by atoms with E-state index in [-0.39, 0.29) is 6.07 Å². The average molecular weight is 286 g/mol. The highest BCUT2D eigenvalue weighted by molar-refractivity contribution is 5.37. The van der Waals surface area contributed by atoms with Crippen LogP contribution in [0.15, 0.2) is 18.2 Å². The lowest BCUT2D eigenvalue weighted by molar-refractivity contribution is -0.143. The summed E-state index contributed by atoms with van der Waals surface area (Å²) in [6.07, 6.45) is -9.73. The minimum Gasteiger partial charge on any atom is -0.488 e. The van der Waals surface area contributed by atoms with Crippen molar-refractivity contribution in [3.63, 3.8) is 0 Å². The first-order valence-electron chi connectivity index (χ1n) is 5.27. The van der Waals surface area contributed by atoms with Crippen LogP contribution in [0.3, 0.4) is 0 Å². The molecule has 7 heteroatoms. The Labute approximate surface area is 106 Å². The van der Waals surface area contributed by atoms with Crippen molar-refractivity contribution in [1.29, 1.82) is 0 Å². The molecule has 1 aromatic carbocycles. The van der Waals surface area contributed by atoms with E-state index in [1.807, 2.05) is 0 Å². The van der Waals surface area contributed by atoms with E-state index in [1.165, 1.54) is 20.8 Å². The van der Waals surface area contributed by atoms with E-state index in [0.717, 1.165) is 0 Å². The summed E-state index contributed by atoms with van der Waals surface area (Å²) in [6.45, 7) is 4.58. The van der Waals surface area contributed by atoms with Crippen LogP contribution in [0.2, 0.25) is 0 Å². The number of hydrogen-bond donors (Lipinski definition) is 0. The molecule has 0 saturated heterocycles. The molecular formula is C12H12F6O. The summed E-state index contributed by atoms with van der Waals surface area (Å²) in [7, 11) is 0. The molecule has 0 radical (unpaired) electrons. The number of benzene rings is 1. The quantitative estimate of drug-likeness (QED) is 0.667. The van der Waals surface area contributed by atoms with E-state index < -0.39 is 34.8 Å². The van der Waals surface area contributed by atoms with Gasteiger partial charge in [-0.1, -0.05) is 0 Å². The molecule has 0 fully saturated rings. The Kier molecular flexibility index (Phi) is 3.80. The van der Waals surface area contributed by atoms with Gasteiger partial charge in [0.2, 0.25) is 0 Å². The smallest absolute Gasteiger partial charge is 0.416 e. The summed E-state index contributed by atoms with van der Waals surface area (Å²) < 4.78 is 80.3. The summed E-state index contributed by atoms with van der Waals surface area (Å²) in [6, 6.07) is 1.18. The average Bonchev–Trinajstić information content (AvgIpc) is 2.11. The highest BCUT2D eigenvalue weighted by atomic mass is 19.4. The van der Waals surface area contributed by atoms with Gasteiger partial charge >= 0.3 is 12.4 Å². The standard InChI is InChI=1S/C12H12F6O/c1-10(2,3)19-9-5-7(11(13,14)15)4-8(6-9)12(16,17)18/h4-6H,1-3H3. The van der Waals surface area contributed by atoms with Crippen LogP contribution in [0.5, 0.6) is 5.75 Å². The number of alkyl halides is 6. The molecule has 108 valence electrons. The Hall–Kier alpha value is -1.40. The fourth-order valence-electron chi connectivity index (χ4n) is 1.34. The third kappa shape index (κ3) is 4.65. The first-order valence-corrected chi connectivity index (χ1v) is 5.27. The van der Waals surface area contributed by atoms with Crippen molar-refractivity contribution in [3.05, 3.63) is 29.3 Å². The van der Waals surface area contributed by atoms with Crippen LogP contribution in [-0.4, -0.2) is 5.60 Å². The Balaban J connectivity index is 3.33. The topological polar surface area (TPSA) is 9.23 Å². The zero-order valence-corrected chi connectivity index (χ0v) is 10.4. The number of ether oxygens (including phenoxy) is 1. The zero-order chi connectivity index (χ0) is 15.1. The third-order valence-corrected chi connectivity index (χ3v) is 1.99. The normalized spacial score (nSPS) is 13.5. The third-order valence-electron chi connectivity index (χ3n) is 1.99. The summed E-state index contributed by atoms with van der Waals surface area (Å²) in [5, 5.41) is 0. The number of hydrogen-bond acceptors (Lipinski definition) is 1. The lowest BCUT2D eigenvalue weighted by atomic mass is 10.1. The van der Waals surface area contributed by atoms with E-state index in [1.54, 1.807) is 0 Å². The maximum Gasteiger partial charge on any atom is 0.416 e. The van der Waals surface area contributed by atoms with E-state index in [4.69, 9.17) is 4.74 Å². The first kappa shape index (κ1) is 15.7. The van der Waals surface area contributed by atoms with Gasteiger partial charge in [-0.05, 0) is 39.0 Å². The summed E-state index contributed by atoms with van der Waals surface area (Å²) in [5.74, 6) is -0.463. The molecule has 1 nitrogen and oxygen atoms in total. The van der Waals surface area contributed by atoms with Crippen LogP contribution in [0, 0.1) is 0 Å². The summed E-state index contributed by atoms with van der Waals surface area (Å²) in [5.41, 5.74) is -3.67. The second-order valence-corrected chi connectivity index (χ2v) is 4.96. The highest BCUT2D eigenvalue weighted by Gasteiger charge is 2.37. The summed E-state index contributed by atoms with van der Waals surface area (Å²) >= 11 is 0. The van der Waals surface area contributed by atoms with E-state index in [2.05, 4.69) is 0 Å². The molecule has 0 N–H and O–H groups in total. The molecule has 0 aliphatic heterocycles. The number of rotatable bonds is 1. The van der Waals surface area contributed by atoms with Gasteiger partial charge in [0, 0.05) is 0 Å². The van der Waals surface area contributed by atoms with Crippen LogP contribution in [-0.2, 0) is 12.4 Å². The van der Waals surface area contributed by atoms with Gasteiger partial charge in [-0.3, -0.25) is 0 Å². The van der Waals surface area contributed by atoms with Crippen LogP contribution in [0.1, 0.15) is 31.9 Å².